The number of aliphatic hydroxyl groups excluding tert-OH is 2. The lowest BCUT2D eigenvalue weighted by Crippen LogP contribution is -2.61. The lowest BCUT2D eigenvalue weighted by atomic mass is 9.95. The minimum Gasteiger partial charge on any atom is -0.481 e. The number of carboxylic acids is 1. The number of thiol groups is 2. The van der Waals surface area contributed by atoms with Gasteiger partial charge in [-0.05, 0) is 89.0 Å². The highest BCUT2D eigenvalue weighted by Gasteiger charge is 2.38. The van der Waals surface area contributed by atoms with Crippen LogP contribution in [0.15, 0.2) is 45.3 Å². The molecule has 2 rings (SSSR count). The van der Waals surface area contributed by atoms with Crippen LogP contribution < -0.4 is 120 Å². The Balaban J connectivity index is 2.35. The lowest BCUT2D eigenvalue weighted by Gasteiger charge is -2.29. The molecule has 0 aliphatic heterocycles. The maximum absolute atomic E-state index is 14.5. The number of carbonyl (C=O) groups excluding carboxylic acids is 16. The first kappa shape index (κ1) is 104. The van der Waals surface area contributed by atoms with E-state index >= 15 is 0 Å². The van der Waals surface area contributed by atoms with Crippen LogP contribution in [-0.2, 0) is 87.9 Å². The van der Waals surface area contributed by atoms with Crippen LogP contribution in [-0.4, -0.2) is 276 Å². The summed E-state index contributed by atoms with van der Waals surface area (Å²) in [7, 11) is 0. The van der Waals surface area contributed by atoms with Crippen LogP contribution in [0.1, 0.15) is 137 Å². The van der Waals surface area contributed by atoms with Gasteiger partial charge in [0.2, 0.25) is 88.5 Å². The Morgan fingerprint density at radius 3 is 1.36 bits per heavy atom. The van der Waals surface area contributed by atoms with Gasteiger partial charge in [0, 0.05) is 43.6 Å². The second-order valence-electron chi connectivity index (χ2n) is 28.7. The third kappa shape index (κ3) is 40.7. The molecule has 0 aromatic heterocycles. The fraction of sp³-hybridized carbons (Fsp3) is 0.639. The van der Waals surface area contributed by atoms with E-state index in [2.05, 4.69) is 120 Å². The molecule has 0 bridgehead atoms. The Hall–Kier alpha value is -11.2. The summed E-state index contributed by atoms with van der Waals surface area (Å²) < 4.78 is 0. The highest BCUT2D eigenvalue weighted by Crippen LogP contribution is 2.18. The van der Waals surface area contributed by atoms with Crippen molar-refractivity contribution in [1.29, 1.82) is 0 Å². The van der Waals surface area contributed by atoms with Crippen molar-refractivity contribution in [2.75, 3.05) is 57.4 Å². The van der Waals surface area contributed by atoms with E-state index in [1.807, 2.05) is 0 Å². The molecule has 0 spiro atoms. The predicted molar refractivity (Wildman–Crippen MR) is 441 cm³/mol. The third-order valence-electron chi connectivity index (χ3n) is 18.3. The molecule has 1 aromatic carbocycles. The van der Waals surface area contributed by atoms with E-state index in [9.17, 15) is 91.7 Å². The molecule has 1 aliphatic carbocycles. The van der Waals surface area contributed by atoms with Crippen molar-refractivity contribution in [3.8, 4) is 0 Å². The average molecular weight is 1720 g/mol. The molecule has 0 saturated heterocycles. The molecule has 0 radical (unpaired) electrons. The molecule has 15 amide bonds. The zero-order chi connectivity index (χ0) is 89.6. The molecule has 32 N–H and O–H groups in total. The number of nitrogens with one attached hydrogen (secondary N) is 15. The summed E-state index contributed by atoms with van der Waals surface area (Å²) >= 11 is 8.35. The first-order valence-electron chi connectivity index (χ1n) is 38.8. The number of nitrogens with two attached hydrogens (primary N) is 7. The molecule has 1 aliphatic rings. The summed E-state index contributed by atoms with van der Waals surface area (Å²) in [6, 6.07) is -11.6. The Morgan fingerprint density at radius 2 is 0.874 bits per heavy atom. The number of hydrogen-bond acceptors (Lipinski definition) is 25. The maximum atomic E-state index is 14.5. The number of ketones is 1. The van der Waals surface area contributed by atoms with E-state index in [4.69, 9.17) is 45.2 Å². The van der Waals surface area contributed by atoms with Crippen LogP contribution in [0.4, 0.5) is 0 Å². The number of Topliss-reactive ketones (excluding diaryl/α,β-unsaturated/α-hetero) is 1. The van der Waals surface area contributed by atoms with Crippen molar-refractivity contribution in [1.82, 2.24) is 79.8 Å². The maximum Gasteiger partial charge on any atom is 0.305 e. The van der Waals surface area contributed by atoms with Crippen LogP contribution >= 0.6 is 25.3 Å². The summed E-state index contributed by atoms with van der Waals surface area (Å²) in [5.41, 5.74) is 39.0. The fourth-order valence-corrected chi connectivity index (χ4v) is 12.0. The SMILES string of the molecule is CC[C@H](C)[C@H](NC(=O)[C@H](CCCN=C(N)N)NC(=O)[C@H](CC(=O)O)NC(=O)[C@H](CC(C)C)NC(=O)[C@H](CCCN=C(N)N)NC(=O)CNC(=O)CNC(=O)[C@H](Cc1ccccc1)NC(=O)[C@@H](C)NC(=O)[C@H](CS)NC(=O)[C@H](CO)NC(=O)[C@@H](N)CO)C(=O)N[C@@H](CS)C(=O)N[C@@H](C)C(=O)N[C@@H](CCCN=C(N)N)C(=O)C(=O)NC1CCCCC1. The zero-order valence-electron chi connectivity index (χ0n) is 67.7. The van der Waals surface area contributed by atoms with E-state index in [0.717, 1.165) is 19.3 Å². The normalized spacial score (nSPS) is 15.4. The van der Waals surface area contributed by atoms with Gasteiger partial charge in [0.25, 0.3) is 5.91 Å². The number of guanidine groups is 3. The van der Waals surface area contributed by atoms with Crippen molar-refractivity contribution >= 4 is 143 Å². The number of hydrogen-bond donors (Lipinski definition) is 27. The molecule has 666 valence electrons. The van der Waals surface area contributed by atoms with Crippen LogP contribution in [0, 0.1) is 11.8 Å². The van der Waals surface area contributed by atoms with Crippen LogP contribution in [0.5, 0.6) is 0 Å². The number of benzene rings is 1. The summed E-state index contributed by atoms with van der Waals surface area (Å²) in [6.07, 6.45) is 2.46. The molecule has 0 heterocycles. The predicted octanol–water partition coefficient (Wildman–Crippen LogP) is -9.76. The quantitative estimate of drug-likeness (QED) is 0.00947. The van der Waals surface area contributed by atoms with Crippen LogP contribution in [0.3, 0.4) is 0 Å². The molecular formula is C72H121N25O20S2. The number of nitrogens with zero attached hydrogens (tertiary/aromatic N) is 3. The Bertz CT molecular complexity index is 3680. The number of aliphatic carboxylic acids is 1. The molecule has 47 heteroatoms. The minimum atomic E-state index is -1.99. The molecule has 1 aromatic rings. The number of amides is 15. The summed E-state index contributed by atoms with van der Waals surface area (Å²) in [5.74, 6) is -20.0. The molecule has 45 nitrogen and oxygen atoms in total. The van der Waals surface area contributed by atoms with Gasteiger partial charge in [-0.2, -0.15) is 25.3 Å². The summed E-state index contributed by atoms with van der Waals surface area (Å²) in [6.45, 7) is 5.68. The number of carbonyl (C=O) groups is 17. The van der Waals surface area contributed by atoms with Crippen LogP contribution in [0.25, 0.3) is 0 Å². The van der Waals surface area contributed by atoms with Gasteiger partial charge in [0.15, 0.2) is 17.9 Å². The van der Waals surface area contributed by atoms with Gasteiger partial charge in [0.05, 0.1) is 38.8 Å². The highest BCUT2D eigenvalue weighted by molar-refractivity contribution is 7.80. The average Bonchev–Trinajstić information content (AvgIpc) is 0.850. The third-order valence-corrected chi connectivity index (χ3v) is 19.1. The molecule has 1 saturated carbocycles. The Morgan fingerprint density at radius 1 is 0.454 bits per heavy atom. The van der Waals surface area contributed by atoms with E-state index in [0.29, 0.717) is 18.4 Å². The second kappa shape index (κ2) is 55.5. The molecule has 119 heavy (non-hydrogen) atoms. The monoisotopic (exact) mass is 1720 g/mol. The molecular weight excluding hydrogens is 1600 g/mol. The van der Waals surface area contributed by atoms with Crippen molar-refractivity contribution < 1.29 is 96.8 Å². The smallest absolute Gasteiger partial charge is 0.305 e. The van der Waals surface area contributed by atoms with Crippen molar-refractivity contribution in [3.05, 3.63) is 35.9 Å². The zero-order valence-corrected chi connectivity index (χ0v) is 69.4. The number of aliphatic imine (C=N–C) groups is 3. The van der Waals surface area contributed by atoms with Crippen molar-refractivity contribution in [2.24, 2.45) is 66.9 Å². The first-order valence-corrected chi connectivity index (χ1v) is 40.1. The van der Waals surface area contributed by atoms with E-state index in [1.54, 1.807) is 58.0 Å². The van der Waals surface area contributed by atoms with Gasteiger partial charge in [-0.3, -0.25) is 96.5 Å². The van der Waals surface area contributed by atoms with Gasteiger partial charge in [0.1, 0.15) is 72.5 Å². The van der Waals surface area contributed by atoms with Crippen LogP contribution in [0.2, 0.25) is 0 Å². The lowest BCUT2D eigenvalue weighted by molar-refractivity contribution is -0.142. The molecule has 0 unspecified atom stereocenters. The minimum absolute atomic E-state index is 0.0224. The highest BCUT2D eigenvalue weighted by atomic mass is 32.1. The van der Waals surface area contributed by atoms with Gasteiger partial charge in [-0.15, -0.1) is 0 Å². The van der Waals surface area contributed by atoms with Gasteiger partial charge in [-0.25, -0.2) is 0 Å². The van der Waals surface area contributed by atoms with Gasteiger partial charge >= 0.3 is 5.97 Å². The Labute approximate surface area is 699 Å². The first-order chi connectivity index (χ1) is 56.2. The van der Waals surface area contributed by atoms with Crippen molar-refractivity contribution in [2.45, 2.75) is 222 Å². The second-order valence-corrected chi connectivity index (χ2v) is 29.4. The molecule has 1 fully saturated rings. The van der Waals surface area contributed by atoms with Crippen molar-refractivity contribution in [3.63, 3.8) is 0 Å². The fourth-order valence-electron chi connectivity index (χ4n) is 11.5. The largest absolute Gasteiger partial charge is 0.481 e. The number of carboxylic acid groups (broad SMARTS) is 1. The van der Waals surface area contributed by atoms with E-state index in [1.165, 1.54) is 13.8 Å². The van der Waals surface area contributed by atoms with Gasteiger partial charge in [-0.1, -0.05) is 83.7 Å². The summed E-state index contributed by atoms with van der Waals surface area (Å²) in [5, 5.41) is 65.6. The standard InChI is InChI=1S/C72H121N25O20S2/c1-7-37(4)55(68(116)96-51(35-119)67(115)85-38(5)57(105)89-43(21-14-24-80-70(74)75)56(104)69(117)87-41-19-12-9-13-20-41)97-62(110)45(23-16-26-82-72(78)79)90-64(112)48(29-54(102)103)93-63(111)46(27-36(2)3)92-61(109)44(22-15-25-81-71(76)77)88-53(101)31-83-52(100)30-84-60(108)47(28-40-17-10-8-11-18-40)91-58(106)39(6)86-66(114)50(34-118)95-65(113)49(33-99)94-59(107)42(73)32-98/h8,10-11,17-18,36-39,41-51,55,98-99,118-119H,7,9,12-16,19-35,73H2,1-6H3,(H,83,100)(H,84,108)(H,85,115)(H,86,114)(H,87,117)(H,88,101)(H,89,105)(H,90,112)(H,91,106)(H,92,109)(H,93,111)(H,94,107)(H,95,113)(H,96,116)(H,97,110)(H,102,103)(H4,74,75,80)(H4,76,77,81)(H4,78,79,82)/t37-,38-,39+,42-,43-,44-,45-,46-,47-,48-,49-,50-,51-,55-/m0/s1. The number of rotatable bonds is 55. The van der Waals surface area contributed by atoms with E-state index < -0.39 is 223 Å². The Kier molecular flexibility index (Phi) is 48.4. The summed E-state index contributed by atoms with van der Waals surface area (Å²) in [4.78, 5) is 243. The number of aliphatic hydroxyl groups is 2. The topological polar surface area (TPSA) is 751 Å². The molecule has 14 atom stereocenters. The van der Waals surface area contributed by atoms with E-state index in [-0.39, 0.29) is 113 Å². The van der Waals surface area contributed by atoms with Gasteiger partial charge < -0.3 is 135 Å².